The quantitative estimate of drug-likeness (QED) is 0.115. The van der Waals surface area contributed by atoms with Crippen molar-refractivity contribution in [2.45, 2.75) is 83.1 Å². The van der Waals surface area contributed by atoms with Crippen molar-refractivity contribution in [1.82, 2.24) is 0 Å². The molecule has 4 heteroatoms. The van der Waals surface area contributed by atoms with Gasteiger partial charge in [0.1, 0.15) is 0 Å². The maximum Gasteiger partial charge on any atom is 0.0465 e. The fourth-order valence-electron chi connectivity index (χ4n) is 10.6. The van der Waals surface area contributed by atoms with Gasteiger partial charge in [-0.05, 0) is 181 Å². The van der Waals surface area contributed by atoms with Crippen molar-refractivity contribution in [2.24, 2.45) is 23.7 Å². The van der Waals surface area contributed by atoms with Crippen LogP contribution in [0, 0.1) is 107 Å². The molecule has 0 radical (unpaired) electrons. The van der Waals surface area contributed by atoms with E-state index < -0.39 is 23.8 Å². The zero-order valence-corrected chi connectivity index (χ0v) is 41.0. The second-order valence-corrected chi connectivity index (χ2v) is 25.5. The molecule has 60 heavy (non-hydrogen) atoms. The van der Waals surface area contributed by atoms with Crippen molar-refractivity contribution < 1.29 is 5.11 Å². The maximum atomic E-state index is 11.7. The summed E-state index contributed by atoms with van der Waals surface area (Å²) in [6.07, 6.45) is 3.33. The number of benzene rings is 6. The minimum absolute atomic E-state index is 0.239. The van der Waals surface area contributed by atoms with Crippen molar-refractivity contribution in [3.8, 4) is 0 Å². The third-order valence-corrected chi connectivity index (χ3v) is 20.3. The molecule has 0 amide bonds. The van der Waals surface area contributed by atoms with Gasteiger partial charge in [0, 0.05) is 6.61 Å². The molecule has 6 aromatic carbocycles. The largest absolute Gasteiger partial charge is 0.396 e. The van der Waals surface area contributed by atoms with Gasteiger partial charge in [-0.1, -0.05) is 176 Å². The lowest BCUT2D eigenvalue weighted by atomic mass is 9.59. The minimum Gasteiger partial charge on any atom is -0.396 e. The Kier molecular flexibility index (Phi) is 14.1. The van der Waals surface area contributed by atoms with Crippen molar-refractivity contribution in [1.29, 1.82) is 0 Å². The van der Waals surface area contributed by atoms with Crippen molar-refractivity contribution >= 4 is 55.6 Å². The minimum atomic E-state index is -0.666. The molecule has 0 bridgehead atoms. The van der Waals surface area contributed by atoms with Gasteiger partial charge in [-0.15, -0.1) is 0 Å². The van der Waals surface area contributed by atoms with Crippen LogP contribution in [0.2, 0.25) is 0 Å². The second-order valence-electron chi connectivity index (χ2n) is 18.7. The molecule has 1 aliphatic rings. The van der Waals surface area contributed by atoms with Gasteiger partial charge in [0.15, 0.2) is 0 Å². The van der Waals surface area contributed by atoms with E-state index in [2.05, 4.69) is 192 Å². The van der Waals surface area contributed by atoms with Crippen LogP contribution in [0.4, 0.5) is 0 Å². The van der Waals surface area contributed by atoms with Crippen LogP contribution < -0.4 is 31.8 Å². The van der Waals surface area contributed by atoms with Crippen LogP contribution in [0.15, 0.2) is 109 Å². The second kappa shape index (κ2) is 18.9. The molecule has 1 aliphatic carbocycles. The molecule has 1 saturated carbocycles. The zero-order chi connectivity index (χ0) is 43.0. The Morgan fingerprint density at radius 2 is 0.417 bits per heavy atom. The van der Waals surface area contributed by atoms with Crippen molar-refractivity contribution in [2.75, 3.05) is 25.1 Å². The number of aliphatic hydroxyl groups excluding tert-OH is 1. The first-order valence-corrected chi connectivity index (χ1v) is 26.5. The summed E-state index contributed by atoms with van der Waals surface area (Å²) in [7, 11) is -1.99. The van der Waals surface area contributed by atoms with Crippen LogP contribution in [0.5, 0.6) is 0 Å². The van der Waals surface area contributed by atoms with E-state index >= 15 is 0 Å². The van der Waals surface area contributed by atoms with Gasteiger partial charge >= 0.3 is 0 Å². The van der Waals surface area contributed by atoms with Crippen LogP contribution >= 0.6 is 23.8 Å². The van der Waals surface area contributed by atoms with E-state index in [1.165, 1.54) is 98.6 Å². The standard InChI is InChI=1S/C56H67OP3/c1-35-13-36(2)20-47(19-35)58(48-21-37(3)14-38(4)22-48)32-54-53(31-57)55(33-59(49-23-39(5)15-40(6)24-49)50-25-41(7)16-42(8)26-50)56(54)34-60(51-27-43(9)17-44(10)28-51)52-29-45(11)18-46(12)30-52/h13-30,53-57H,31-34H2,1-12H3. The lowest BCUT2D eigenvalue weighted by Gasteiger charge is -2.55. The normalized spacial score (nSPS) is 17.8. The SMILES string of the molecule is Cc1cc(C)cc(P(CC2C(CO)C(CP(c3cc(C)cc(C)c3)c3cc(C)cc(C)c3)C2CP(c2cc(C)cc(C)c2)c2cc(C)cc(C)c2)c2cc(C)cc(C)c2)c1. The number of aliphatic hydroxyl groups is 1. The summed E-state index contributed by atoms with van der Waals surface area (Å²) in [5.74, 6) is 1.53. The number of hydrogen-bond acceptors (Lipinski definition) is 1. The molecule has 312 valence electrons. The smallest absolute Gasteiger partial charge is 0.0465 e. The van der Waals surface area contributed by atoms with Gasteiger partial charge in [0.05, 0.1) is 0 Å². The molecule has 2 unspecified atom stereocenters. The third kappa shape index (κ3) is 10.4. The molecular formula is C56H67OP3. The molecule has 0 aliphatic heterocycles. The van der Waals surface area contributed by atoms with Crippen LogP contribution in [-0.2, 0) is 0 Å². The average molecular weight is 849 g/mol. The molecule has 0 saturated heterocycles. The van der Waals surface area contributed by atoms with Gasteiger partial charge in [-0.3, -0.25) is 0 Å². The Morgan fingerprint density at radius 3 is 0.567 bits per heavy atom. The average Bonchev–Trinajstić information content (AvgIpc) is 3.12. The van der Waals surface area contributed by atoms with Gasteiger partial charge in [0.25, 0.3) is 0 Å². The van der Waals surface area contributed by atoms with Crippen molar-refractivity contribution in [3.05, 3.63) is 176 Å². The monoisotopic (exact) mass is 848 g/mol. The number of rotatable bonds is 13. The Labute approximate surface area is 366 Å². The topological polar surface area (TPSA) is 20.2 Å². The molecule has 2 atom stereocenters. The lowest BCUT2D eigenvalue weighted by Crippen LogP contribution is -2.54. The highest BCUT2D eigenvalue weighted by molar-refractivity contribution is 7.74. The van der Waals surface area contributed by atoms with Crippen LogP contribution in [0.25, 0.3) is 0 Å². The summed E-state index contributed by atoms with van der Waals surface area (Å²) >= 11 is 0. The molecule has 0 heterocycles. The lowest BCUT2D eigenvalue weighted by molar-refractivity contribution is -0.0158. The van der Waals surface area contributed by atoms with Crippen LogP contribution in [0.3, 0.4) is 0 Å². The molecule has 1 fully saturated rings. The fraction of sp³-hybridized carbons (Fsp3) is 0.357. The summed E-state index contributed by atoms with van der Waals surface area (Å²) in [4.78, 5) is 0. The zero-order valence-electron chi connectivity index (χ0n) is 38.3. The number of hydrogen-bond donors (Lipinski definition) is 1. The highest BCUT2D eigenvalue weighted by Crippen LogP contribution is 2.59. The predicted molar refractivity (Wildman–Crippen MR) is 270 cm³/mol. The van der Waals surface area contributed by atoms with Gasteiger partial charge < -0.3 is 5.11 Å². The van der Waals surface area contributed by atoms with Crippen LogP contribution in [0.1, 0.15) is 66.8 Å². The number of aryl methyl sites for hydroxylation is 12. The molecule has 6 aromatic rings. The fourth-order valence-corrected chi connectivity index (χ4v) is 19.9. The van der Waals surface area contributed by atoms with E-state index in [4.69, 9.17) is 0 Å². The highest BCUT2D eigenvalue weighted by atomic mass is 31.1. The predicted octanol–water partition coefficient (Wildman–Crippen LogP) is 11.6. The Hall–Kier alpha value is -3.43. The van der Waals surface area contributed by atoms with Gasteiger partial charge in [-0.2, -0.15) is 0 Å². The van der Waals surface area contributed by atoms with E-state index in [9.17, 15) is 5.11 Å². The first-order chi connectivity index (χ1) is 28.5. The Balaban J connectivity index is 1.40. The summed E-state index contributed by atoms with van der Waals surface area (Å²) in [6.45, 7) is 27.4. The molecule has 1 N–H and O–H groups in total. The molecule has 7 rings (SSSR count). The molecule has 0 spiro atoms. The third-order valence-electron chi connectivity index (χ3n) is 12.7. The highest BCUT2D eigenvalue weighted by Gasteiger charge is 2.52. The molecule has 1 nitrogen and oxygen atoms in total. The van der Waals surface area contributed by atoms with Gasteiger partial charge in [-0.25, -0.2) is 0 Å². The van der Waals surface area contributed by atoms with Crippen LogP contribution in [-0.4, -0.2) is 30.2 Å². The van der Waals surface area contributed by atoms with E-state index in [1.807, 2.05) is 0 Å². The Morgan fingerprint density at radius 1 is 0.267 bits per heavy atom. The summed E-state index contributed by atoms with van der Waals surface area (Å²) in [5, 5.41) is 20.6. The molecular weight excluding hydrogens is 782 g/mol. The van der Waals surface area contributed by atoms with E-state index in [0.717, 1.165) is 18.5 Å². The van der Waals surface area contributed by atoms with Crippen molar-refractivity contribution in [3.63, 3.8) is 0 Å². The first-order valence-electron chi connectivity index (χ1n) is 22.0. The summed E-state index contributed by atoms with van der Waals surface area (Å²) < 4.78 is 0. The summed E-state index contributed by atoms with van der Waals surface area (Å²) in [5.41, 5.74) is 16.1. The van der Waals surface area contributed by atoms with E-state index in [-0.39, 0.29) is 12.5 Å². The van der Waals surface area contributed by atoms with E-state index in [1.54, 1.807) is 0 Å². The van der Waals surface area contributed by atoms with E-state index in [0.29, 0.717) is 17.8 Å². The summed E-state index contributed by atoms with van der Waals surface area (Å²) in [6, 6.07) is 43.6. The molecule has 0 aromatic heterocycles. The maximum absolute atomic E-state index is 11.7. The first kappa shape index (κ1) is 44.6. The van der Waals surface area contributed by atoms with Gasteiger partial charge in [0.2, 0.25) is 0 Å². The Bertz CT molecular complexity index is 2110.